The van der Waals surface area contributed by atoms with Gasteiger partial charge in [-0.15, -0.1) is 11.3 Å². The van der Waals surface area contributed by atoms with Crippen LogP contribution in [0.25, 0.3) is 10.4 Å². The number of carbonyl (C=O) groups excluding carboxylic acids is 1. The summed E-state index contributed by atoms with van der Waals surface area (Å²) in [6.45, 7) is 1.37. The topological polar surface area (TPSA) is 96.4 Å². The first-order chi connectivity index (χ1) is 14.9. The van der Waals surface area contributed by atoms with Gasteiger partial charge < -0.3 is 20.5 Å². The quantitative estimate of drug-likeness (QED) is 0.544. The van der Waals surface area contributed by atoms with Gasteiger partial charge in [0.15, 0.2) is 5.01 Å². The highest BCUT2D eigenvalue weighted by atomic mass is 32.1. The van der Waals surface area contributed by atoms with Gasteiger partial charge in [-0.25, -0.2) is 9.97 Å². The van der Waals surface area contributed by atoms with E-state index in [0.29, 0.717) is 17.4 Å². The van der Waals surface area contributed by atoms with Gasteiger partial charge in [-0.05, 0) is 12.5 Å². The number of aliphatic hydroxyl groups is 1. The van der Waals surface area contributed by atoms with Crippen LogP contribution in [0.15, 0.2) is 18.5 Å². The summed E-state index contributed by atoms with van der Waals surface area (Å²) in [5, 5.41) is 14.0. The Hall–Kier alpha value is -2.45. The molecule has 2 aromatic rings. The highest BCUT2D eigenvalue weighted by Gasteiger charge is 2.40. The van der Waals surface area contributed by atoms with Crippen molar-refractivity contribution in [1.29, 1.82) is 0 Å². The molecule has 0 aromatic carbocycles. The Labute approximate surface area is 181 Å². The summed E-state index contributed by atoms with van der Waals surface area (Å²) in [5.74, 6) is -1.28. The monoisotopic (exact) mass is 484 g/mol. The van der Waals surface area contributed by atoms with Crippen LogP contribution in [0.3, 0.4) is 0 Å². The highest BCUT2D eigenvalue weighted by molar-refractivity contribution is 7.17. The molecule has 3 N–H and O–H groups in total. The fourth-order valence-electron chi connectivity index (χ4n) is 2.97. The molecule has 3 atom stereocenters. The van der Waals surface area contributed by atoms with Gasteiger partial charge in [0.1, 0.15) is 11.9 Å². The van der Waals surface area contributed by atoms with Crippen molar-refractivity contribution >= 4 is 23.1 Å². The third-order valence-corrected chi connectivity index (χ3v) is 5.70. The molecule has 14 heteroatoms. The van der Waals surface area contributed by atoms with E-state index in [9.17, 15) is 36.2 Å². The van der Waals surface area contributed by atoms with Gasteiger partial charge in [0.25, 0.3) is 5.91 Å². The molecule has 1 aliphatic heterocycles. The minimum absolute atomic E-state index is 0.0439. The fraction of sp³-hybridized carbons (Fsp3) is 0.500. The third kappa shape index (κ3) is 5.48. The molecule has 1 amide bonds. The molecule has 0 bridgehead atoms. The van der Waals surface area contributed by atoms with Crippen molar-refractivity contribution in [3.05, 3.63) is 29.0 Å². The Balaban J connectivity index is 1.87. The lowest BCUT2D eigenvalue weighted by molar-refractivity contribution is -0.142. The zero-order valence-corrected chi connectivity index (χ0v) is 17.2. The summed E-state index contributed by atoms with van der Waals surface area (Å²) in [6, 6.07) is -2.24. The Morgan fingerprint density at radius 2 is 1.97 bits per heavy atom. The van der Waals surface area contributed by atoms with E-state index in [1.54, 1.807) is 0 Å². The summed E-state index contributed by atoms with van der Waals surface area (Å²) in [7, 11) is 0. The zero-order valence-electron chi connectivity index (χ0n) is 16.4. The minimum atomic E-state index is -4.90. The summed E-state index contributed by atoms with van der Waals surface area (Å²) in [6.07, 6.45) is -9.04. The van der Waals surface area contributed by atoms with Gasteiger partial charge in [0, 0.05) is 18.0 Å². The normalized spacial score (nSPS) is 20.2. The number of aromatic nitrogens is 2. The standard InChI is InChI=1S/C18H18F6N4O3S/c1-2-13(18(22,23)24)28-14-3-9(17(19,20)21)8(4-25-14)12-5-26-16(32-12)15(30)27-10-6-31-7-11(10)29/h3-5,10-11,13,29H,2,6-7H2,1H3,(H,25,28)(H,27,30)/t10-,11-,13+/m1/s1. The molecule has 0 saturated carbocycles. The van der Waals surface area contributed by atoms with Crippen LogP contribution >= 0.6 is 11.3 Å². The van der Waals surface area contributed by atoms with E-state index in [2.05, 4.69) is 15.3 Å². The molecule has 7 nitrogen and oxygen atoms in total. The molecule has 0 aliphatic carbocycles. The maximum atomic E-state index is 13.6. The van der Waals surface area contributed by atoms with Crippen LogP contribution in [-0.2, 0) is 10.9 Å². The number of hydrogen-bond acceptors (Lipinski definition) is 7. The number of anilines is 1. The van der Waals surface area contributed by atoms with Crippen molar-refractivity contribution < 1.29 is 41.0 Å². The molecule has 0 unspecified atom stereocenters. The van der Waals surface area contributed by atoms with Crippen LogP contribution in [-0.4, -0.2) is 58.6 Å². The number of alkyl halides is 6. The van der Waals surface area contributed by atoms with Crippen LogP contribution in [0.5, 0.6) is 0 Å². The summed E-state index contributed by atoms with van der Waals surface area (Å²) >= 11 is 0.651. The van der Waals surface area contributed by atoms with E-state index in [4.69, 9.17) is 4.74 Å². The van der Waals surface area contributed by atoms with Crippen molar-refractivity contribution in [1.82, 2.24) is 15.3 Å². The van der Waals surface area contributed by atoms with Crippen LogP contribution in [0.1, 0.15) is 28.7 Å². The van der Waals surface area contributed by atoms with E-state index in [0.717, 1.165) is 12.4 Å². The molecule has 1 saturated heterocycles. The lowest BCUT2D eigenvalue weighted by Gasteiger charge is -2.21. The number of pyridine rings is 1. The zero-order chi connectivity index (χ0) is 23.7. The van der Waals surface area contributed by atoms with E-state index >= 15 is 0 Å². The number of nitrogens with zero attached hydrogens (tertiary/aromatic N) is 2. The number of nitrogens with one attached hydrogen (secondary N) is 2. The second kappa shape index (κ2) is 9.19. The largest absolute Gasteiger partial charge is 0.417 e. The van der Waals surface area contributed by atoms with Gasteiger partial charge in [-0.1, -0.05) is 6.92 Å². The van der Waals surface area contributed by atoms with Gasteiger partial charge >= 0.3 is 12.4 Å². The average molecular weight is 484 g/mol. The summed E-state index contributed by atoms with van der Waals surface area (Å²) in [4.78, 5) is 19.8. The number of halogens is 6. The number of hydrogen-bond donors (Lipinski definition) is 3. The Kier molecular flexibility index (Phi) is 6.95. The maximum Gasteiger partial charge on any atom is 0.417 e. The second-order valence-electron chi connectivity index (χ2n) is 6.97. The first-order valence-electron chi connectivity index (χ1n) is 9.33. The van der Waals surface area contributed by atoms with E-state index < -0.39 is 59.8 Å². The third-order valence-electron chi connectivity index (χ3n) is 4.67. The van der Waals surface area contributed by atoms with E-state index in [-0.39, 0.29) is 23.1 Å². The SMILES string of the molecule is CC[C@H](Nc1cc(C(F)(F)F)c(-c2cnc(C(=O)N[C@@H]3COC[C@H]3O)s2)cn1)C(F)(F)F. The first kappa shape index (κ1) is 24.2. The van der Waals surface area contributed by atoms with Crippen molar-refractivity contribution in [2.45, 2.75) is 43.9 Å². The number of rotatable bonds is 6. The smallest absolute Gasteiger partial charge is 0.388 e. The van der Waals surface area contributed by atoms with Gasteiger partial charge in [0.2, 0.25) is 0 Å². The Morgan fingerprint density at radius 1 is 1.25 bits per heavy atom. The Morgan fingerprint density at radius 3 is 2.53 bits per heavy atom. The maximum absolute atomic E-state index is 13.6. The molecule has 3 heterocycles. The molecule has 0 radical (unpaired) electrons. The van der Waals surface area contributed by atoms with Crippen molar-refractivity contribution in [2.75, 3.05) is 18.5 Å². The van der Waals surface area contributed by atoms with Crippen LogP contribution in [0.2, 0.25) is 0 Å². The van der Waals surface area contributed by atoms with Crippen molar-refractivity contribution in [3.8, 4) is 10.4 Å². The number of ether oxygens (including phenoxy) is 1. The van der Waals surface area contributed by atoms with Crippen molar-refractivity contribution in [3.63, 3.8) is 0 Å². The molecule has 0 spiro atoms. The number of carbonyl (C=O) groups is 1. The van der Waals surface area contributed by atoms with Crippen LogP contribution in [0, 0.1) is 0 Å². The average Bonchev–Trinajstić information content (AvgIpc) is 3.34. The van der Waals surface area contributed by atoms with Crippen LogP contribution < -0.4 is 10.6 Å². The lowest BCUT2D eigenvalue weighted by atomic mass is 10.1. The molecule has 1 fully saturated rings. The van der Waals surface area contributed by atoms with Crippen molar-refractivity contribution in [2.24, 2.45) is 0 Å². The summed E-state index contributed by atoms with van der Waals surface area (Å²) < 4.78 is 84.8. The molecule has 2 aromatic heterocycles. The first-order valence-corrected chi connectivity index (χ1v) is 10.1. The number of aliphatic hydroxyl groups excluding tert-OH is 1. The Bertz CT molecular complexity index is 965. The van der Waals surface area contributed by atoms with Gasteiger partial charge in [-0.2, -0.15) is 26.3 Å². The predicted molar refractivity (Wildman–Crippen MR) is 102 cm³/mol. The van der Waals surface area contributed by atoms with Crippen LogP contribution in [0.4, 0.5) is 32.2 Å². The van der Waals surface area contributed by atoms with Gasteiger partial charge in [0.05, 0.1) is 35.8 Å². The molecule has 32 heavy (non-hydrogen) atoms. The van der Waals surface area contributed by atoms with E-state index in [1.165, 1.54) is 6.92 Å². The molecular formula is C18H18F6N4O3S. The molecule has 1 aliphatic rings. The molecule has 3 rings (SSSR count). The number of thiazole rings is 1. The van der Waals surface area contributed by atoms with E-state index in [1.807, 2.05) is 5.32 Å². The number of amides is 1. The summed E-state index contributed by atoms with van der Waals surface area (Å²) in [5.41, 5.74) is -1.65. The molecular weight excluding hydrogens is 466 g/mol. The highest BCUT2D eigenvalue weighted by Crippen LogP contribution is 2.40. The second-order valence-corrected chi connectivity index (χ2v) is 8.00. The fourth-order valence-corrected chi connectivity index (χ4v) is 3.82. The minimum Gasteiger partial charge on any atom is -0.388 e. The van der Waals surface area contributed by atoms with Gasteiger partial charge in [-0.3, -0.25) is 4.79 Å². The molecule has 176 valence electrons. The lowest BCUT2D eigenvalue weighted by Crippen LogP contribution is -2.42. The predicted octanol–water partition coefficient (Wildman–Crippen LogP) is 3.47.